The van der Waals surface area contributed by atoms with Crippen molar-refractivity contribution in [1.82, 2.24) is 9.55 Å². The molecule has 0 spiro atoms. The van der Waals surface area contributed by atoms with Gasteiger partial charge >= 0.3 is 17.6 Å². The number of aliphatic hydroxyl groups is 1. The van der Waals surface area contributed by atoms with Crippen LogP contribution in [-0.4, -0.2) is 63.0 Å². The molecular formula is C21H33N3O9. The van der Waals surface area contributed by atoms with Crippen molar-refractivity contribution < 1.29 is 38.9 Å². The first-order chi connectivity index (χ1) is 15.5. The number of aliphatic hydroxyl groups excluding tert-OH is 1. The Kier molecular flexibility index (Phi) is 9.35. The predicted octanol–water partition coefficient (Wildman–Crippen LogP) is 1.07. The first kappa shape index (κ1) is 26.7. The van der Waals surface area contributed by atoms with Crippen LogP contribution in [0, 0.1) is 17.8 Å². The topological polar surface area (TPSA) is 158 Å². The maximum absolute atomic E-state index is 12.6. The zero-order valence-corrected chi connectivity index (χ0v) is 19.6. The van der Waals surface area contributed by atoms with Crippen molar-refractivity contribution in [3.8, 4) is 0 Å². The van der Waals surface area contributed by atoms with Crippen LogP contribution in [0.15, 0.2) is 17.1 Å². The molecule has 1 fully saturated rings. The van der Waals surface area contributed by atoms with E-state index >= 15 is 0 Å². The molecule has 12 heteroatoms. The number of carbonyl (C=O) groups excluding carboxylic acids is 2. The van der Waals surface area contributed by atoms with E-state index < -0.39 is 54.4 Å². The van der Waals surface area contributed by atoms with Crippen molar-refractivity contribution in [2.75, 3.05) is 12.1 Å². The van der Waals surface area contributed by atoms with Gasteiger partial charge in [0.15, 0.2) is 24.4 Å². The van der Waals surface area contributed by atoms with Gasteiger partial charge in [-0.25, -0.2) is 4.79 Å². The van der Waals surface area contributed by atoms with E-state index in [0.717, 1.165) is 4.57 Å². The molecule has 186 valence electrons. The highest BCUT2D eigenvalue weighted by atomic mass is 16.7. The second kappa shape index (κ2) is 11.5. The molecule has 3 N–H and O–H groups in total. The third kappa shape index (κ3) is 6.73. The van der Waals surface area contributed by atoms with Gasteiger partial charge in [-0.05, 0) is 6.07 Å². The molecule has 2 rings (SSSR count). The molecule has 0 bridgehead atoms. The summed E-state index contributed by atoms with van der Waals surface area (Å²) >= 11 is 0. The Morgan fingerprint density at radius 2 is 1.79 bits per heavy atom. The van der Waals surface area contributed by atoms with Crippen LogP contribution in [0.3, 0.4) is 0 Å². The average molecular weight is 472 g/mol. The van der Waals surface area contributed by atoms with Crippen LogP contribution < -0.4 is 11.2 Å². The summed E-state index contributed by atoms with van der Waals surface area (Å²) in [5.41, 5.74) is 0.989. The fraction of sp³-hybridized carbons (Fsp3) is 0.714. The fourth-order valence-corrected chi connectivity index (χ4v) is 2.94. The van der Waals surface area contributed by atoms with Gasteiger partial charge in [-0.3, -0.25) is 24.8 Å². The number of ether oxygens (including phenoxy) is 4. The first-order valence-corrected chi connectivity index (χ1v) is 10.8. The molecule has 1 aromatic heterocycles. The highest BCUT2D eigenvalue weighted by Crippen LogP contribution is 2.35. The third-order valence-electron chi connectivity index (χ3n) is 4.96. The molecule has 1 saturated heterocycles. The number of esters is 2. The number of hydrogen-bond acceptors (Lipinski definition) is 11. The zero-order valence-electron chi connectivity index (χ0n) is 19.6. The minimum absolute atomic E-state index is 0.0841. The summed E-state index contributed by atoms with van der Waals surface area (Å²) in [5.74, 6) is -2.30. The van der Waals surface area contributed by atoms with Crippen molar-refractivity contribution in [3.63, 3.8) is 0 Å². The molecule has 33 heavy (non-hydrogen) atoms. The molecule has 1 unspecified atom stereocenters. The average Bonchev–Trinajstić information content (AvgIpc) is 3.08. The zero-order chi connectivity index (χ0) is 24.9. The minimum Gasteiger partial charge on any atom is -0.463 e. The van der Waals surface area contributed by atoms with Gasteiger partial charge in [0.05, 0.1) is 11.8 Å². The number of aromatic nitrogens is 2. The third-order valence-corrected chi connectivity index (χ3v) is 4.96. The first-order valence-electron chi connectivity index (χ1n) is 10.8. The molecule has 0 aliphatic carbocycles. The van der Waals surface area contributed by atoms with Crippen LogP contribution in [0.2, 0.25) is 0 Å². The second-order valence-corrected chi connectivity index (χ2v) is 8.76. The molecule has 2 heterocycles. The molecule has 1 aliphatic rings. The number of rotatable bonds is 10. The Bertz CT molecular complexity index is 871. The quantitative estimate of drug-likeness (QED) is 0.254. The largest absolute Gasteiger partial charge is 0.463 e. The lowest BCUT2D eigenvalue weighted by atomic mass is 10.1. The standard InChI is InChI=1S/C21H33N3O9/c1-10(2)18(25)30-9-13-15(32-19(26)11(3)4)16(33-20(27)12(5)6)17(31-13)24-8-7-14(23-29)22-21(24)28/h7-8,10-13,15-17,20,27,29H,9H2,1-6H3,(H,22,23,28)/t13-,15-,16-,17-,20?/m1/s1. The molecule has 0 radical (unpaired) electrons. The molecule has 12 nitrogen and oxygen atoms in total. The van der Waals surface area contributed by atoms with Crippen molar-refractivity contribution in [2.45, 2.75) is 72.4 Å². The highest BCUT2D eigenvalue weighted by Gasteiger charge is 2.51. The van der Waals surface area contributed by atoms with Crippen molar-refractivity contribution in [2.24, 2.45) is 17.8 Å². The Labute approximate surface area is 191 Å². The van der Waals surface area contributed by atoms with Crippen molar-refractivity contribution >= 4 is 17.8 Å². The summed E-state index contributed by atoms with van der Waals surface area (Å²) in [6.07, 6.45) is -4.33. The van der Waals surface area contributed by atoms with Crippen LogP contribution in [-0.2, 0) is 28.5 Å². The SMILES string of the molecule is CC(C)C(=O)OC[C@H]1O[C@@H](n2ccc(NO)nc2=O)[C@H](OC(O)C(C)C)[C@@H]1OC(=O)C(C)C. The maximum Gasteiger partial charge on any atom is 0.351 e. The van der Waals surface area contributed by atoms with Gasteiger partial charge in [0.25, 0.3) is 0 Å². The van der Waals surface area contributed by atoms with E-state index in [-0.39, 0.29) is 24.3 Å². The predicted molar refractivity (Wildman–Crippen MR) is 114 cm³/mol. The number of anilines is 1. The van der Waals surface area contributed by atoms with Crippen LogP contribution in [0.4, 0.5) is 5.82 Å². The van der Waals surface area contributed by atoms with Gasteiger partial charge in [0.1, 0.15) is 18.8 Å². The van der Waals surface area contributed by atoms with E-state index in [0.29, 0.717) is 0 Å². The van der Waals surface area contributed by atoms with E-state index in [9.17, 15) is 19.5 Å². The Morgan fingerprint density at radius 1 is 1.15 bits per heavy atom. The van der Waals surface area contributed by atoms with Gasteiger partial charge in [-0.1, -0.05) is 41.5 Å². The Morgan fingerprint density at radius 3 is 2.30 bits per heavy atom. The molecule has 5 atom stereocenters. The summed E-state index contributed by atoms with van der Waals surface area (Å²) < 4.78 is 23.8. The van der Waals surface area contributed by atoms with E-state index in [1.54, 1.807) is 47.0 Å². The van der Waals surface area contributed by atoms with Crippen LogP contribution in [0.1, 0.15) is 47.8 Å². The van der Waals surface area contributed by atoms with Gasteiger partial charge in [-0.2, -0.15) is 4.98 Å². The second-order valence-electron chi connectivity index (χ2n) is 8.76. The normalized spacial score (nSPS) is 23.7. The lowest BCUT2D eigenvalue weighted by Crippen LogP contribution is -2.44. The summed E-state index contributed by atoms with van der Waals surface area (Å²) in [5, 5.41) is 19.4. The molecule has 0 saturated carbocycles. The lowest BCUT2D eigenvalue weighted by molar-refractivity contribution is -0.203. The van der Waals surface area contributed by atoms with E-state index in [1.165, 1.54) is 12.3 Å². The molecule has 0 amide bonds. The van der Waals surface area contributed by atoms with E-state index in [2.05, 4.69) is 4.98 Å². The summed E-state index contributed by atoms with van der Waals surface area (Å²) in [6, 6.07) is 1.32. The molecular weight excluding hydrogens is 438 g/mol. The number of nitrogens with zero attached hydrogens (tertiary/aromatic N) is 2. The maximum atomic E-state index is 12.6. The number of hydrogen-bond donors (Lipinski definition) is 3. The van der Waals surface area contributed by atoms with Gasteiger partial charge in [-0.15, -0.1) is 0 Å². The van der Waals surface area contributed by atoms with Crippen LogP contribution in [0.25, 0.3) is 0 Å². The van der Waals surface area contributed by atoms with Crippen molar-refractivity contribution in [1.29, 1.82) is 0 Å². The van der Waals surface area contributed by atoms with Crippen LogP contribution in [0.5, 0.6) is 0 Å². The fourth-order valence-electron chi connectivity index (χ4n) is 2.94. The number of carbonyl (C=O) groups is 2. The highest BCUT2D eigenvalue weighted by molar-refractivity contribution is 5.72. The van der Waals surface area contributed by atoms with E-state index in [1.807, 2.05) is 0 Å². The molecule has 0 aromatic carbocycles. The molecule has 1 aliphatic heterocycles. The Hall–Kier alpha value is -2.54. The smallest absolute Gasteiger partial charge is 0.351 e. The van der Waals surface area contributed by atoms with Crippen LogP contribution >= 0.6 is 0 Å². The van der Waals surface area contributed by atoms with Gasteiger partial charge in [0, 0.05) is 12.1 Å². The Balaban J connectivity index is 2.45. The van der Waals surface area contributed by atoms with Gasteiger partial charge in [0.2, 0.25) is 0 Å². The lowest BCUT2D eigenvalue weighted by Gasteiger charge is -2.28. The van der Waals surface area contributed by atoms with Gasteiger partial charge < -0.3 is 24.1 Å². The summed E-state index contributed by atoms with van der Waals surface area (Å²) in [7, 11) is 0. The van der Waals surface area contributed by atoms with E-state index in [4.69, 9.17) is 24.2 Å². The summed E-state index contributed by atoms with van der Waals surface area (Å²) in [6.45, 7) is 9.83. The molecule has 1 aromatic rings. The van der Waals surface area contributed by atoms with Crippen molar-refractivity contribution in [3.05, 3.63) is 22.7 Å². The number of nitrogens with one attached hydrogen (secondary N) is 1. The minimum atomic E-state index is -1.26. The summed E-state index contributed by atoms with van der Waals surface area (Å²) in [4.78, 5) is 40.7. The monoisotopic (exact) mass is 471 g/mol.